The molecular weight excluding hydrogens is 392 g/mol. The predicted molar refractivity (Wildman–Crippen MR) is 91.2 cm³/mol. The molecular formula is C16H20F4N2O4S. The number of halogens is 4. The Morgan fingerprint density at radius 1 is 1.15 bits per heavy atom. The summed E-state index contributed by atoms with van der Waals surface area (Å²) >= 11 is 0. The number of carboxylic acids is 1. The van der Waals surface area contributed by atoms with Crippen molar-refractivity contribution in [3.8, 4) is 0 Å². The first-order valence-electron chi connectivity index (χ1n) is 7.76. The molecule has 1 atom stereocenters. The summed E-state index contributed by atoms with van der Waals surface area (Å²) < 4.78 is 82.6. The van der Waals surface area contributed by atoms with E-state index >= 15 is 0 Å². The fourth-order valence-corrected chi connectivity index (χ4v) is 3.44. The van der Waals surface area contributed by atoms with Crippen molar-refractivity contribution >= 4 is 21.9 Å². The summed E-state index contributed by atoms with van der Waals surface area (Å²) in [5, 5.41) is 8.73. The molecule has 0 unspecified atom stereocenters. The second-order valence-corrected chi connectivity index (χ2v) is 8.25. The van der Waals surface area contributed by atoms with Gasteiger partial charge in [-0.25, -0.2) is 4.39 Å². The molecule has 1 rings (SSSR count). The Morgan fingerprint density at radius 3 is 2.07 bits per heavy atom. The molecule has 0 fully saturated rings. The van der Waals surface area contributed by atoms with Crippen molar-refractivity contribution < 1.29 is 35.9 Å². The van der Waals surface area contributed by atoms with Crippen molar-refractivity contribution in [2.24, 2.45) is 10.3 Å². The molecule has 0 aliphatic carbocycles. The zero-order valence-electron chi connectivity index (χ0n) is 14.8. The second kappa shape index (κ2) is 8.34. The predicted octanol–water partition coefficient (Wildman–Crippen LogP) is 3.29. The van der Waals surface area contributed by atoms with Crippen LogP contribution in [0.15, 0.2) is 28.7 Å². The molecule has 1 aromatic rings. The molecule has 0 amide bonds. The van der Waals surface area contributed by atoms with Crippen LogP contribution in [0.25, 0.3) is 0 Å². The molecule has 0 radical (unpaired) electrons. The van der Waals surface area contributed by atoms with E-state index in [-0.39, 0.29) is 5.56 Å². The largest absolute Gasteiger partial charge is 0.481 e. The monoisotopic (exact) mass is 412 g/mol. The minimum absolute atomic E-state index is 0.0599. The van der Waals surface area contributed by atoms with Crippen molar-refractivity contribution in [3.05, 3.63) is 35.6 Å². The van der Waals surface area contributed by atoms with Crippen molar-refractivity contribution in [1.29, 1.82) is 0 Å². The van der Waals surface area contributed by atoms with Gasteiger partial charge in [0.15, 0.2) is 0 Å². The molecule has 0 saturated heterocycles. The SMILES string of the molecule is CC(C)(C)NS(=O)(=O)/N=C(/C[C@@H](CC(=O)O)C(F)(F)F)c1ccc(F)cc1. The number of benzene rings is 1. The average Bonchev–Trinajstić information content (AvgIpc) is 2.42. The van der Waals surface area contributed by atoms with Gasteiger partial charge in [0.05, 0.1) is 18.1 Å². The van der Waals surface area contributed by atoms with Crippen molar-refractivity contribution in [2.75, 3.05) is 0 Å². The zero-order chi connectivity index (χ0) is 21.0. The highest BCUT2D eigenvalue weighted by molar-refractivity contribution is 7.88. The van der Waals surface area contributed by atoms with Gasteiger partial charge in [-0.1, -0.05) is 12.1 Å². The Kier molecular flexibility index (Phi) is 7.11. The molecule has 2 N–H and O–H groups in total. The topological polar surface area (TPSA) is 95.8 Å². The van der Waals surface area contributed by atoms with Crippen molar-refractivity contribution in [2.45, 2.75) is 45.3 Å². The summed E-state index contributed by atoms with van der Waals surface area (Å²) in [4.78, 5) is 10.8. The van der Waals surface area contributed by atoms with Gasteiger partial charge in [-0.2, -0.15) is 30.7 Å². The van der Waals surface area contributed by atoms with Gasteiger partial charge in [-0.15, -0.1) is 0 Å². The Labute approximate surface area is 154 Å². The summed E-state index contributed by atoms with van der Waals surface area (Å²) in [6.07, 6.45) is -7.14. The van der Waals surface area contributed by atoms with Gasteiger partial charge in [0, 0.05) is 12.0 Å². The maximum Gasteiger partial charge on any atom is 0.392 e. The quantitative estimate of drug-likeness (QED) is 0.531. The van der Waals surface area contributed by atoms with Crippen LogP contribution >= 0.6 is 0 Å². The van der Waals surface area contributed by atoms with Gasteiger partial charge in [0.2, 0.25) is 0 Å². The number of hydrogen-bond acceptors (Lipinski definition) is 3. The molecule has 0 saturated carbocycles. The third-order valence-electron chi connectivity index (χ3n) is 3.17. The number of aliphatic carboxylic acids is 1. The molecule has 0 heterocycles. The first-order chi connectivity index (χ1) is 12.1. The maximum atomic E-state index is 13.2. The van der Waals surface area contributed by atoms with Crippen LogP contribution in [0, 0.1) is 11.7 Å². The van der Waals surface area contributed by atoms with Crippen LogP contribution in [-0.2, 0) is 15.0 Å². The number of carboxylic acid groups (broad SMARTS) is 1. The van der Waals surface area contributed by atoms with E-state index in [0.717, 1.165) is 24.3 Å². The van der Waals surface area contributed by atoms with E-state index in [1.54, 1.807) is 0 Å². The van der Waals surface area contributed by atoms with Crippen molar-refractivity contribution in [3.63, 3.8) is 0 Å². The van der Waals surface area contributed by atoms with Crippen LogP contribution in [0.1, 0.15) is 39.2 Å². The molecule has 6 nitrogen and oxygen atoms in total. The molecule has 0 bridgehead atoms. The number of hydrogen-bond donors (Lipinski definition) is 2. The van der Waals surface area contributed by atoms with Gasteiger partial charge >= 0.3 is 22.4 Å². The van der Waals surface area contributed by atoms with E-state index in [1.165, 1.54) is 20.8 Å². The molecule has 0 aliphatic rings. The van der Waals surface area contributed by atoms with Crippen LogP contribution in [0.5, 0.6) is 0 Å². The lowest BCUT2D eigenvalue weighted by atomic mass is 9.94. The molecule has 0 aromatic heterocycles. The molecule has 27 heavy (non-hydrogen) atoms. The van der Waals surface area contributed by atoms with Gasteiger partial charge in [-0.05, 0) is 38.5 Å². The number of nitrogens with zero attached hydrogens (tertiary/aromatic N) is 1. The third-order valence-corrected chi connectivity index (χ3v) is 4.50. The van der Waals surface area contributed by atoms with E-state index in [1.807, 2.05) is 0 Å². The van der Waals surface area contributed by atoms with Gasteiger partial charge in [0.25, 0.3) is 0 Å². The minimum Gasteiger partial charge on any atom is -0.481 e. The highest BCUT2D eigenvalue weighted by atomic mass is 32.2. The van der Waals surface area contributed by atoms with Gasteiger partial charge in [0.1, 0.15) is 5.82 Å². The Balaban J connectivity index is 3.39. The van der Waals surface area contributed by atoms with Crippen LogP contribution < -0.4 is 4.72 Å². The van der Waals surface area contributed by atoms with Gasteiger partial charge in [-0.3, -0.25) is 4.79 Å². The standard InChI is InChI=1S/C16H20F4N2O4S/c1-15(2,3)22-27(25,26)21-13(10-4-6-12(17)7-5-10)8-11(9-14(23)24)16(18,19)20/h4-7,11,22H,8-9H2,1-3H3,(H,23,24)/b21-13-/t11-/m0/s1. The van der Waals surface area contributed by atoms with E-state index in [4.69, 9.17) is 5.11 Å². The van der Waals surface area contributed by atoms with Crippen LogP contribution in [0.2, 0.25) is 0 Å². The fourth-order valence-electron chi connectivity index (χ4n) is 2.15. The first kappa shape index (κ1) is 23.0. The van der Waals surface area contributed by atoms with E-state index in [2.05, 4.69) is 9.12 Å². The molecule has 1 aromatic carbocycles. The van der Waals surface area contributed by atoms with Crippen LogP contribution in [0.3, 0.4) is 0 Å². The zero-order valence-corrected chi connectivity index (χ0v) is 15.7. The summed E-state index contributed by atoms with van der Waals surface area (Å²) in [6, 6.07) is 4.03. The summed E-state index contributed by atoms with van der Waals surface area (Å²) in [5.74, 6) is -4.72. The highest BCUT2D eigenvalue weighted by Gasteiger charge is 2.42. The Morgan fingerprint density at radius 2 is 1.67 bits per heavy atom. The lowest BCUT2D eigenvalue weighted by molar-refractivity contribution is -0.181. The van der Waals surface area contributed by atoms with E-state index < -0.39 is 58.2 Å². The van der Waals surface area contributed by atoms with Crippen LogP contribution in [-0.4, -0.2) is 36.9 Å². The van der Waals surface area contributed by atoms with E-state index in [0.29, 0.717) is 0 Å². The number of rotatable bonds is 7. The summed E-state index contributed by atoms with van der Waals surface area (Å²) in [6.45, 7) is 4.54. The van der Waals surface area contributed by atoms with E-state index in [9.17, 15) is 30.8 Å². The normalized spacial score (nSPS) is 14.9. The molecule has 0 spiro atoms. The third kappa shape index (κ3) is 8.48. The van der Waals surface area contributed by atoms with Crippen molar-refractivity contribution in [1.82, 2.24) is 4.72 Å². The molecule has 0 aliphatic heterocycles. The lowest BCUT2D eigenvalue weighted by Gasteiger charge is -2.21. The molecule has 152 valence electrons. The van der Waals surface area contributed by atoms with Crippen LogP contribution in [0.4, 0.5) is 17.6 Å². The highest BCUT2D eigenvalue weighted by Crippen LogP contribution is 2.33. The smallest absolute Gasteiger partial charge is 0.392 e. The average molecular weight is 412 g/mol. The second-order valence-electron chi connectivity index (χ2n) is 6.91. The summed E-state index contributed by atoms with van der Waals surface area (Å²) in [5.41, 5.74) is -1.52. The maximum absolute atomic E-state index is 13.2. The fraction of sp³-hybridized carbons (Fsp3) is 0.500. The minimum atomic E-state index is -4.89. The summed E-state index contributed by atoms with van der Waals surface area (Å²) in [7, 11) is -4.39. The molecule has 11 heteroatoms. The Hall–Kier alpha value is -2.01. The van der Waals surface area contributed by atoms with Gasteiger partial charge < -0.3 is 5.11 Å². The first-order valence-corrected chi connectivity index (χ1v) is 9.20. The number of nitrogens with one attached hydrogen (secondary N) is 1. The Bertz CT molecular complexity index is 797. The lowest BCUT2D eigenvalue weighted by Crippen LogP contribution is -2.40. The number of carbonyl (C=O) groups is 1. The number of alkyl halides is 3.